The minimum atomic E-state index is -0.0339. The van der Waals surface area contributed by atoms with E-state index in [2.05, 4.69) is 16.0 Å². The maximum atomic E-state index is 12.3. The number of nitrogens with one attached hydrogen (secondary N) is 3. The predicted octanol–water partition coefficient (Wildman–Crippen LogP) is 3.03. The fourth-order valence-electron chi connectivity index (χ4n) is 3.44. The normalized spacial score (nSPS) is 19.1. The van der Waals surface area contributed by atoms with Gasteiger partial charge in [-0.2, -0.15) is 0 Å². The number of carbonyl (C=O) groups excluding carboxylic acids is 2. The zero-order valence-corrected chi connectivity index (χ0v) is 14.7. The quantitative estimate of drug-likeness (QED) is 0.789. The van der Waals surface area contributed by atoms with Crippen molar-refractivity contribution in [1.82, 2.24) is 10.2 Å². The molecule has 1 aromatic carbocycles. The maximum Gasteiger partial charge on any atom is 0.321 e. The van der Waals surface area contributed by atoms with E-state index in [0.717, 1.165) is 63.2 Å². The zero-order chi connectivity index (χ0) is 17.5. The summed E-state index contributed by atoms with van der Waals surface area (Å²) in [5.74, 6) is 0.173. The summed E-state index contributed by atoms with van der Waals surface area (Å²) in [6.45, 7) is 3.46. The average Bonchev–Trinajstić information content (AvgIpc) is 2.93. The van der Waals surface area contributed by atoms with Crippen LogP contribution in [0.5, 0.6) is 0 Å². The third-order valence-electron chi connectivity index (χ3n) is 5.01. The van der Waals surface area contributed by atoms with Crippen molar-refractivity contribution < 1.29 is 9.59 Å². The van der Waals surface area contributed by atoms with Crippen LogP contribution in [0.15, 0.2) is 24.3 Å². The Morgan fingerprint density at radius 2 is 1.44 bits per heavy atom. The fourth-order valence-corrected chi connectivity index (χ4v) is 3.44. The lowest BCUT2D eigenvalue weighted by atomic mass is 9.97. The van der Waals surface area contributed by atoms with Gasteiger partial charge in [-0.3, -0.25) is 4.79 Å². The monoisotopic (exact) mass is 344 g/mol. The topological polar surface area (TPSA) is 73.5 Å². The highest BCUT2D eigenvalue weighted by atomic mass is 16.2. The first-order chi connectivity index (χ1) is 12.2. The SMILES string of the molecule is O=C(Nc1ccc(NC(=O)N2CCCCCC2)cc1)C1CCNCC1. The molecular weight excluding hydrogens is 316 g/mol. The van der Waals surface area contributed by atoms with Crippen LogP contribution in [-0.2, 0) is 4.79 Å². The fraction of sp³-hybridized carbons (Fsp3) is 0.579. The molecule has 2 saturated heterocycles. The van der Waals surface area contributed by atoms with E-state index in [0.29, 0.717) is 0 Å². The van der Waals surface area contributed by atoms with Gasteiger partial charge in [-0.25, -0.2) is 4.79 Å². The number of amides is 3. The van der Waals surface area contributed by atoms with E-state index in [9.17, 15) is 9.59 Å². The second-order valence-corrected chi connectivity index (χ2v) is 6.92. The molecule has 6 heteroatoms. The summed E-state index contributed by atoms with van der Waals surface area (Å²) in [5, 5.41) is 9.19. The molecule has 0 unspecified atom stereocenters. The van der Waals surface area contributed by atoms with Gasteiger partial charge in [0.2, 0.25) is 5.91 Å². The van der Waals surface area contributed by atoms with Gasteiger partial charge in [0.25, 0.3) is 0 Å². The third-order valence-corrected chi connectivity index (χ3v) is 5.01. The second-order valence-electron chi connectivity index (χ2n) is 6.92. The summed E-state index contributed by atoms with van der Waals surface area (Å²) in [7, 11) is 0. The van der Waals surface area contributed by atoms with E-state index < -0.39 is 0 Å². The summed E-state index contributed by atoms with van der Waals surface area (Å²) in [6.07, 6.45) is 6.33. The van der Waals surface area contributed by atoms with Gasteiger partial charge in [0.1, 0.15) is 0 Å². The summed E-state index contributed by atoms with van der Waals surface area (Å²) in [5.41, 5.74) is 1.53. The number of carbonyl (C=O) groups is 2. The lowest BCUT2D eigenvalue weighted by Crippen LogP contribution is -2.35. The molecule has 0 atom stereocenters. The average molecular weight is 344 g/mol. The highest BCUT2D eigenvalue weighted by Crippen LogP contribution is 2.18. The van der Waals surface area contributed by atoms with Crippen molar-refractivity contribution in [3.05, 3.63) is 24.3 Å². The molecule has 2 aliphatic heterocycles. The number of anilines is 2. The van der Waals surface area contributed by atoms with Crippen LogP contribution >= 0.6 is 0 Å². The Balaban J connectivity index is 1.51. The van der Waals surface area contributed by atoms with Gasteiger partial charge in [-0.1, -0.05) is 12.8 Å². The Morgan fingerprint density at radius 1 is 0.880 bits per heavy atom. The molecular formula is C19H28N4O2. The van der Waals surface area contributed by atoms with Crippen LogP contribution in [-0.4, -0.2) is 43.0 Å². The summed E-state index contributed by atoms with van der Waals surface area (Å²) in [4.78, 5) is 26.5. The number of benzene rings is 1. The minimum Gasteiger partial charge on any atom is -0.326 e. The first-order valence-corrected chi connectivity index (χ1v) is 9.40. The van der Waals surface area contributed by atoms with Crippen LogP contribution in [0.25, 0.3) is 0 Å². The van der Waals surface area contributed by atoms with Crippen LogP contribution in [0.2, 0.25) is 0 Å². The van der Waals surface area contributed by atoms with Crippen molar-refractivity contribution in [1.29, 1.82) is 0 Å². The number of piperidine rings is 1. The summed E-state index contributed by atoms with van der Waals surface area (Å²) < 4.78 is 0. The molecule has 0 aliphatic carbocycles. The molecule has 136 valence electrons. The molecule has 0 saturated carbocycles. The van der Waals surface area contributed by atoms with Crippen molar-refractivity contribution in [3.8, 4) is 0 Å². The molecule has 3 rings (SSSR count). The molecule has 3 amide bonds. The van der Waals surface area contributed by atoms with Crippen LogP contribution in [0.3, 0.4) is 0 Å². The maximum absolute atomic E-state index is 12.3. The molecule has 1 aromatic rings. The molecule has 0 aromatic heterocycles. The van der Waals surface area contributed by atoms with E-state index in [-0.39, 0.29) is 17.9 Å². The number of likely N-dealkylation sites (tertiary alicyclic amines) is 1. The van der Waals surface area contributed by atoms with Crippen molar-refractivity contribution >= 4 is 23.3 Å². The molecule has 0 bridgehead atoms. The number of nitrogens with zero attached hydrogens (tertiary/aromatic N) is 1. The highest BCUT2D eigenvalue weighted by molar-refractivity contribution is 5.93. The molecule has 2 fully saturated rings. The van der Waals surface area contributed by atoms with Crippen molar-refractivity contribution in [2.75, 3.05) is 36.8 Å². The van der Waals surface area contributed by atoms with Crippen molar-refractivity contribution in [2.24, 2.45) is 5.92 Å². The summed E-state index contributed by atoms with van der Waals surface area (Å²) in [6, 6.07) is 7.34. The molecule has 0 spiro atoms. The largest absolute Gasteiger partial charge is 0.326 e. The lowest BCUT2D eigenvalue weighted by molar-refractivity contribution is -0.120. The minimum absolute atomic E-state index is 0.0339. The first kappa shape index (κ1) is 17.7. The van der Waals surface area contributed by atoms with Gasteiger partial charge in [0, 0.05) is 30.4 Å². The van der Waals surface area contributed by atoms with Crippen LogP contribution in [0.4, 0.5) is 16.2 Å². The van der Waals surface area contributed by atoms with E-state index in [1.807, 2.05) is 29.2 Å². The van der Waals surface area contributed by atoms with Crippen molar-refractivity contribution in [3.63, 3.8) is 0 Å². The third kappa shape index (κ3) is 5.19. The van der Waals surface area contributed by atoms with Crippen molar-refractivity contribution in [2.45, 2.75) is 38.5 Å². The molecule has 3 N–H and O–H groups in total. The number of urea groups is 1. The molecule has 2 aliphatic rings. The van der Waals surface area contributed by atoms with Crippen LogP contribution < -0.4 is 16.0 Å². The number of hydrogen-bond acceptors (Lipinski definition) is 3. The Bertz CT molecular complexity index is 574. The van der Waals surface area contributed by atoms with Gasteiger partial charge in [0.05, 0.1) is 0 Å². The second kappa shape index (κ2) is 8.85. The predicted molar refractivity (Wildman–Crippen MR) is 99.7 cm³/mol. The van der Waals surface area contributed by atoms with Gasteiger partial charge in [-0.05, 0) is 63.0 Å². The van der Waals surface area contributed by atoms with E-state index in [1.54, 1.807) is 0 Å². The smallest absolute Gasteiger partial charge is 0.321 e. The van der Waals surface area contributed by atoms with E-state index in [1.165, 1.54) is 12.8 Å². The molecule has 0 radical (unpaired) electrons. The van der Waals surface area contributed by atoms with E-state index >= 15 is 0 Å². The van der Waals surface area contributed by atoms with Gasteiger partial charge >= 0.3 is 6.03 Å². The van der Waals surface area contributed by atoms with Crippen LogP contribution in [0.1, 0.15) is 38.5 Å². The first-order valence-electron chi connectivity index (χ1n) is 9.40. The standard InChI is InChI=1S/C19H28N4O2/c24-18(15-9-11-20-12-10-15)21-16-5-7-17(8-6-16)22-19(25)23-13-3-1-2-4-14-23/h5-8,15,20H,1-4,9-14H2,(H,21,24)(H,22,25). The van der Waals surface area contributed by atoms with E-state index in [4.69, 9.17) is 0 Å². The highest BCUT2D eigenvalue weighted by Gasteiger charge is 2.21. The zero-order valence-electron chi connectivity index (χ0n) is 14.7. The lowest BCUT2D eigenvalue weighted by Gasteiger charge is -2.22. The Labute approximate surface area is 149 Å². The molecule has 6 nitrogen and oxygen atoms in total. The van der Waals surface area contributed by atoms with Gasteiger partial charge < -0.3 is 20.9 Å². The number of rotatable bonds is 3. The Kier molecular flexibility index (Phi) is 6.28. The summed E-state index contributed by atoms with van der Waals surface area (Å²) >= 11 is 0. The number of hydrogen-bond donors (Lipinski definition) is 3. The Morgan fingerprint density at radius 3 is 2.04 bits per heavy atom. The Hall–Kier alpha value is -2.08. The van der Waals surface area contributed by atoms with Gasteiger partial charge in [-0.15, -0.1) is 0 Å². The van der Waals surface area contributed by atoms with Crippen LogP contribution in [0, 0.1) is 5.92 Å². The molecule has 25 heavy (non-hydrogen) atoms. The van der Waals surface area contributed by atoms with Gasteiger partial charge in [0.15, 0.2) is 0 Å². The molecule has 2 heterocycles.